The zero-order valence-corrected chi connectivity index (χ0v) is 24.7. The fourth-order valence-electron chi connectivity index (χ4n) is 4.41. The molecule has 3 rings (SSSR count). The Labute approximate surface area is 232 Å². The van der Waals surface area contributed by atoms with Gasteiger partial charge in [0.25, 0.3) is 10.0 Å². The van der Waals surface area contributed by atoms with Gasteiger partial charge in [0, 0.05) is 12.1 Å². The maximum absolute atomic E-state index is 14.0. The lowest BCUT2D eigenvalue weighted by atomic mass is 10.1. The number of rotatable bonds is 9. The summed E-state index contributed by atoms with van der Waals surface area (Å²) in [6, 6.07) is 20.4. The number of nitrogens with one attached hydrogen (secondary N) is 1. The second kappa shape index (κ2) is 12.0. The van der Waals surface area contributed by atoms with E-state index >= 15 is 0 Å². The van der Waals surface area contributed by atoms with Crippen LogP contribution in [0, 0.1) is 20.8 Å². The van der Waals surface area contributed by atoms with Crippen LogP contribution in [0.4, 0.5) is 5.69 Å². The third-order valence-electron chi connectivity index (χ3n) is 6.21. The van der Waals surface area contributed by atoms with Crippen molar-refractivity contribution in [3.05, 3.63) is 95.1 Å². The second-order valence-corrected chi connectivity index (χ2v) is 13.0. The molecule has 0 fully saturated rings. The van der Waals surface area contributed by atoms with Crippen LogP contribution in [0.2, 0.25) is 0 Å². The highest BCUT2D eigenvalue weighted by Crippen LogP contribution is 2.26. The molecule has 0 aromatic heterocycles. The standard InChI is InChI=1S/C31H39N3O4S/c1-22-12-11-13-26(17-22)20-33(25(4)30(36)32-31(5,6)7)29(35)21-34(27-18-23(2)16-24(3)19-27)39(37,38)28-14-9-8-10-15-28/h8-19,25H,20-21H2,1-7H3,(H,32,36)/t25-/m1/s1. The van der Waals surface area contributed by atoms with E-state index in [1.165, 1.54) is 17.0 Å². The summed E-state index contributed by atoms with van der Waals surface area (Å²) in [5.41, 5.74) is 3.52. The molecule has 0 unspecified atom stereocenters. The molecule has 3 aromatic carbocycles. The van der Waals surface area contributed by atoms with Crippen LogP contribution in [0.15, 0.2) is 77.7 Å². The molecule has 0 saturated carbocycles. The molecule has 2 amide bonds. The zero-order valence-electron chi connectivity index (χ0n) is 23.9. The van der Waals surface area contributed by atoms with Crippen molar-refractivity contribution in [2.45, 2.75) is 71.5 Å². The van der Waals surface area contributed by atoms with E-state index in [1.807, 2.05) is 71.9 Å². The van der Waals surface area contributed by atoms with Crippen LogP contribution < -0.4 is 9.62 Å². The summed E-state index contributed by atoms with van der Waals surface area (Å²) in [6.07, 6.45) is 0. The Bertz CT molecular complexity index is 1410. The molecule has 0 heterocycles. The monoisotopic (exact) mass is 549 g/mol. The minimum absolute atomic E-state index is 0.0840. The molecule has 0 aliphatic rings. The number of nitrogens with zero attached hydrogens (tertiary/aromatic N) is 2. The fourth-order valence-corrected chi connectivity index (χ4v) is 5.83. The maximum atomic E-state index is 14.0. The van der Waals surface area contributed by atoms with Crippen LogP contribution in [0.25, 0.3) is 0 Å². The lowest BCUT2D eigenvalue weighted by molar-refractivity contribution is -0.140. The number of carbonyl (C=O) groups is 2. The second-order valence-electron chi connectivity index (χ2n) is 11.1. The summed E-state index contributed by atoms with van der Waals surface area (Å²) in [6.45, 7) is 12.7. The number of hydrogen-bond donors (Lipinski definition) is 1. The number of hydrogen-bond acceptors (Lipinski definition) is 4. The SMILES string of the molecule is Cc1cccc(CN(C(=O)CN(c2cc(C)cc(C)c2)S(=O)(=O)c2ccccc2)[C@H](C)C(=O)NC(C)(C)C)c1. The number of benzene rings is 3. The third kappa shape index (κ3) is 7.93. The van der Waals surface area contributed by atoms with Crippen molar-refractivity contribution < 1.29 is 18.0 Å². The quantitative estimate of drug-likeness (QED) is 0.401. The molecule has 8 heteroatoms. The molecular weight excluding hydrogens is 510 g/mol. The van der Waals surface area contributed by atoms with Crippen molar-refractivity contribution in [2.24, 2.45) is 0 Å². The van der Waals surface area contributed by atoms with Gasteiger partial charge in [0.15, 0.2) is 0 Å². The molecule has 0 aliphatic carbocycles. The van der Waals surface area contributed by atoms with Gasteiger partial charge in [-0.05, 0) is 89.4 Å². The molecule has 0 aliphatic heterocycles. The van der Waals surface area contributed by atoms with Crippen LogP contribution in [-0.4, -0.2) is 43.3 Å². The Balaban J connectivity index is 2.06. The Morgan fingerprint density at radius 3 is 2.03 bits per heavy atom. The molecule has 0 spiro atoms. The molecular formula is C31H39N3O4S. The van der Waals surface area contributed by atoms with E-state index in [0.717, 1.165) is 26.6 Å². The predicted molar refractivity (Wildman–Crippen MR) is 156 cm³/mol. The van der Waals surface area contributed by atoms with Gasteiger partial charge in [0.2, 0.25) is 11.8 Å². The van der Waals surface area contributed by atoms with E-state index in [1.54, 1.807) is 37.3 Å². The molecule has 39 heavy (non-hydrogen) atoms. The molecule has 208 valence electrons. The lowest BCUT2D eigenvalue weighted by Crippen LogP contribution is -2.54. The minimum Gasteiger partial charge on any atom is -0.350 e. The maximum Gasteiger partial charge on any atom is 0.264 e. The first-order valence-electron chi connectivity index (χ1n) is 13.0. The van der Waals surface area contributed by atoms with Gasteiger partial charge in [-0.3, -0.25) is 13.9 Å². The first-order valence-corrected chi connectivity index (χ1v) is 14.4. The summed E-state index contributed by atoms with van der Waals surface area (Å²) in [7, 11) is -4.09. The van der Waals surface area contributed by atoms with E-state index in [0.29, 0.717) is 5.69 Å². The Morgan fingerprint density at radius 1 is 0.846 bits per heavy atom. The van der Waals surface area contributed by atoms with E-state index in [2.05, 4.69) is 5.32 Å². The van der Waals surface area contributed by atoms with Crippen LogP contribution >= 0.6 is 0 Å². The summed E-state index contributed by atoms with van der Waals surface area (Å²) < 4.78 is 28.9. The molecule has 0 saturated heterocycles. The summed E-state index contributed by atoms with van der Waals surface area (Å²) in [5, 5.41) is 2.94. The molecule has 7 nitrogen and oxygen atoms in total. The van der Waals surface area contributed by atoms with Gasteiger partial charge < -0.3 is 10.2 Å². The Morgan fingerprint density at radius 2 is 1.46 bits per heavy atom. The van der Waals surface area contributed by atoms with Gasteiger partial charge in [-0.1, -0.05) is 54.1 Å². The Hall–Kier alpha value is -3.65. The summed E-state index contributed by atoms with van der Waals surface area (Å²) >= 11 is 0. The topological polar surface area (TPSA) is 86.8 Å². The molecule has 3 aromatic rings. The summed E-state index contributed by atoms with van der Waals surface area (Å²) in [4.78, 5) is 28.7. The van der Waals surface area contributed by atoms with Gasteiger partial charge in [-0.15, -0.1) is 0 Å². The van der Waals surface area contributed by atoms with Crippen molar-refractivity contribution in [3.8, 4) is 0 Å². The number of amides is 2. The highest BCUT2D eigenvalue weighted by atomic mass is 32.2. The highest BCUT2D eigenvalue weighted by Gasteiger charge is 2.33. The van der Waals surface area contributed by atoms with Gasteiger partial charge in [0.1, 0.15) is 12.6 Å². The smallest absolute Gasteiger partial charge is 0.264 e. The van der Waals surface area contributed by atoms with Crippen molar-refractivity contribution in [1.29, 1.82) is 0 Å². The number of aryl methyl sites for hydroxylation is 3. The average Bonchev–Trinajstić information content (AvgIpc) is 2.84. The Kier molecular flexibility index (Phi) is 9.22. The van der Waals surface area contributed by atoms with Crippen molar-refractivity contribution in [3.63, 3.8) is 0 Å². The van der Waals surface area contributed by atoms with Crippen LogP contribution in [0.5, 0.6) is 0 Å². The summed E-state index contributed by atoms with van der Waals surface area (Å²) in [5.74, 6) is -0.792. The third-order valence-corrected chi connectivity index (χ3v) is 7.99. The molecule has 0 radical (unpaired) electrons. The van der Waals surface area contributed by atoms with E-state index in [4.69, 9.17) is 0 Å². The molecule has 1 N–H and O–H groups in total. The first kappa shape index (κ1) is 29.9. The van der Waals surface area contributed by atoms with Crippen molar-refractivity contribution in [2.75, 3.05) is 10.8 Å². The van der Waals surface area contributed by atoms with Gasteiger partial charge in [0.05, 0.1) is 10.6 Å². The predicted octanol–water partition coefficient (Wildman–Crippen LogP) is 5.14. The van der Waals surface area contributed by atoms with E-state index < -0.39 is 34.1 Å². The largest absolute Gasteiger partial charge is 0.350 e. The lowest BCUT2D eigenvalue weighted by Gasteiger charge is -2.33. The zero-order chi connectivity index (χ0) is 29.0. The highest BCUT2D eigenvalue weighted by molar-refractivity contribution is 7.92. The van der Waals surface area contributed by atoms with Crippen molar-refractivity contribution >= 4 is 27.5 Å². The fraction of sp³-hybridized carbons (Fsp3) is 0.355. The van der Waals surface area contributed by atoms with Crippen LogP contribution in [0.1, 0.15) is 49.9 Å². The van der Waals surface area contributed by atoms with Crippen LogP contribution in [0.3, 0.4) is 0 Å². The molecule has 1 atom stereocenters. The minimum atomic E-state index is -4.09. The van der Waals surface area contributed by atoms with Crippen LogP contribution in [-0.2, 0) is 26.2 Å². The van der Waals surface area contributed by atoms with E-state index in [9.17, 15) is 18.0 Å². The van der Waals surface area contributed by atoms with Crippen molar-refractivity contribution in [1.82, 2.24) is 10.2 Å². The normalized spacial score (nSPS) is 12.5. The van der Waals surface area contributed by atoms with Gasteiger partial charge >= 0.3 is 0 Å². The van der Waals surface area contributed by atoms with E-state index in [-0.39, 0.29) is 17.3 Å². The first-order chi connectivity index (χ1) is 18.2. The molecule has 0 bridgehead atoms. The van der Waals surface area contributed by atoms with Gasteiger partial charge in [-0.25, -0.2) is 8.42 Å². The average molecular weight is 550 g/mol. The van der Waals surface area contributed by atoms with Gasteiger partial charge in [-0.2, -0.15) is 0 Å². The number of sulfonamides is 1. The number of anilines is 1. The number of carbonyl (C=O) groups excluding carboxylic acids is 2.